The molecule has 0 saturated heterocycles. The number of benzene rings is 1. The molecule has 0 aliphatic rings. The molecule has 0 bridgehead atoms. The van der Waals surface area contributed by atoms with Crippen LogP contribution >= 0.6 is 0 Å². The third-order valence-corrected chi connectivity index (χ3v) is 1.75. The smallest absolute Gasteiger partial charge is 0.292 e. The maximum Gasteiger partial charge on any atom is 0.292 e. The van der Waals surface area contributed by atoms with Crippen molar-refractivity contribution in [1.82, 2.24) is 0 Å². The Morgan fingerprint density at radius 1 is 1.00 bits per heavy atom. The Morgan fingerprint density at radius 3 is 1.93 bits per heavy atom. The maximum atomic E-state index is 8.39. The lowest BCUT2D eigenvalue weighted by atomic mass is 10.1. The topological polar surface area (TPSA) is 66.0 Å². The summed E-state index contributed by atoms with van der Waals surface area (Å²) in [7, 11) is 0. The minimum Gasteiger partial charge on any atom is -0.388 e. The van der Waals surface area contributed by atoms with Crippen LogP contribution in [0.3, 0.4) is 0 Å². The molecule has 0 saturated carbocycles. The second kappa shape index (κ2) is 4.15. The molecule has 0 heterocycles. The molecule has 0 unspecified atom stereocenters. The van der Waals surface area contributed by atoms with E-state index in [1.54, 1.807) is 38.5 Å². The van der Waals surface area contributed by atoms with Gasteiger partial charge in [0.05, 0.1) is 0 Å². The van der Waals surface area contributed by atoms with Crippen LogP contribution in [-0.4, -0.2) is 0 Å². The molecule has 0 fully saturated rings. The van der Waals surface area contributed by atoms with Gasteiger partial charge < -0.3 is 9.47 Å². The Balaban J connectivity index is 3.14. The summed E-state index contributed by atoms with van der Waals surface area (Å²) in [6, 6.07) is 3.28. The van der Waals surface area contributed by atoms with E-state index in [0.717, 1.165) is 11.1 Å². The van der Waals surface area contributed by atoms with Gasteiger partial charge in [0.2, 0.25) is 0 Å². The maximum absolute atomic E-state index is 8.39. The van der Waals surface area contributed by atoms with Crippen LogP contribution in [0, 0.1) is 36.9 Å². The summed E-state index contributed by atoms with van der Waals surface area (Å²) in [6.45, 7) is 3.56. The molecule has 0 spiro atoms. The standard InChI is InChI=1S/C10H8N2O2/c1-7-3-9(13-5-11)4-8(2)10(7)14-6-12/h3-4H,1-2H3. The van der Waals surface area contributed by atoms with Crippen LogP contribution in [0.1, 0.15) is 11.1 Å². The second-order valence-corrected chi connectivity index (χ2v) is 2.77. The van der Waals surface area contributed by atoms with E-state index in [9.17, 15) is 0 Å². The summed E-state index contributed by atoms with van der Waals surface area (Å²) in [5.41, 5.74) is 1.52. The van der Waals surface area contributed by atoms with Gasteiger partial charge in [0.1, 0.15) is 11.5 Å². The third-order valence-electron chi connectivity index (χ3n) is 1.75. The molecule has 4 heteroatoms. The monoisotopic (exact) mass is 188 g/mol. The normalized spacial score (nSPS) is 8.57. The first-order chi connectivity index (χ1) is 6.69. The van der Waals surface area contributed by atoms with Crippen molar-refractivity contribution in [2.24, 2.45) is 0 Å². The van der Waals surface area contributed by atoms with Crippen LogP contribution < -0.4 is 9.47 Å². The number of aryl methyl sites for hydroxylation is 2. The van der Waals surface area contributed by atoms with E-state index in [4.69, 9.17) is 15.3 Å². The van der Waals surface area contributed by atoms with Crippen molar-refractivity contribution in [3.63, 3.8) is 0 Å². The van der Waals surface area contributed by atoms with Crippen molar-refractivity contribution < 1.29 is 9.47 Å². The Morgan fingerprint density at radius 2 is 1.50 bits per heavy atom. The molecule has 0 amide bonds. The Bertz CT molecular complexity index is 404. The van der Waals surface area contributed by atoms with Gasteiger partial charge >= 0.3 is 0 Å². The third kappa shape index (κ3) is 1.94. The van der Waals surface area contributed by atoms with Gasteiger partial charge in [0.15, 0.2) is 0 Å². The van der Waals surface area contributed by atoms with E-state index in [1.807, 2.05) is 0 Å². The Hall–Kier alpha value is -2.20. The number of rotatable bonds is 2. The molecule has 14 heavy (non-hydrogen) atoms. The lowest BCUT2D eigenvalue weighted by Gasteiger charge is -2.06. The van der Waals surface area contributed by atoms with Crippen LogP contribution in [0.5, 0.6) is 11.5 Å². The molecule has 0 radical (unpaired) electrons. The minimum absolute atomic E-state index is 0.452. The first-order valence-corrected chi connectivity index (χ1v) is 3.92. The van der Waals surface area contributed by atoms with Crippen LogP contribution in [0.2, 0.25) is 0 Å². The highest BCUT2D eigenvalue weighted by Crippen LogP contribution is 2.28. The molecule has 1 rings (SSSR count). The number of hydrogen-bond acceptors (Lipinski definition) is 4. The summed E-state index contributed by atoms with van der Waals surface area (Å²) in [5.74, 6) is 0.963. The van der Waals surface area contributed by atoms with Gasteiger partial charge in [0, 0.05) is 0 Å². The summed E-state index contributed by atoms with van der Waals surface area (Å²) < 4.78 is 9.44. The van der Waals surface area contributed by atoms with Gasteiger partial charge in [-0.25, -0.2) is 0 Å². The Kier molecular flexibility index (Phi) is 2.93. The highest BCUT2D eigenvalue weighted by molar-refractivity contribution is 5.46. The van der Waals surface area contributed by atoms with Gasteiger partial charge in [-0.2, -0.15) is 0 Å². The molecule has 0 aliphatic carbocycles. The molecule has 0 aliphatic heterocycles. The highest BCUT2D eigenvalue weighted by Gasteiger charge is 2.07. The van der Waals surface area contributed by atoms with E-state index in [-0.39, 0.29) is 0 Å². The first-order valence-electron chi connectivity index (χ1n) is 3.92. The van der Waals surface area contributed by atoms with Gasteiger partial charge in [0.25, 0.3) is 12.5 Å². The molecule has 1 aromatic carbocycles. The zero-order chi connectivity index (χ0) is 10.6. The van der Waals surface area contributed by atoms with Crippen molar-refractivity contribution in [2.45, 2.75) is 13.8 Å². The average molecular weight is 188 g/mol. The van der Waals surface area contributed by atoms with Crippen LogP contribution in [0.25, 0.3) is 0 Å². The molecule has 0 aromatic heterocycles. The van der Waals surface area contributed by atoms with Gasteiger partial charge in [-0.3, -0.25) is 0 Å². The van der Waals surface area contributed by atoms with Gasteiger partial charge in [-0.1, -0.05) is 0 Å². The quantitative estimate of drug-likeness (QED) is 0.666. The van der Waals surface area contributed by atoms with Crippen molar-refractivity contribution >= 4 is 0 Å². The fourth-order valence-electron chi connectivity index (χ4n) is 1.23. The number of hydrogen-bond donors (Lipinski definition) is 0. The average Bonchev–Trinajstić information content (AvgIpc) is 2.12. The van der Waals surface area contributed by atoms with Crippen LogP contribution in [-0.2, 0) is 0 Å². The molecule has 0 N–H and O–H groups in total. The summed E-state index contributed by atoms with van der Waals surface area (Å²) in [4.78, 5) is 0. The fraction of sp³-hybridized carbons (Fsp3) is 0.200. The Labute approximate surface area is 81.9 Å². The van der Waals surface area contributed by atoms with E-state index >= 15 is 0 Å². The zero-order valence-electron chi connectivity index (χ0n) is 7.87. The molecular formula is C10H8N2O2. The molecule has 0 atom stereocenters. The minimum atomic E-state index is 0.452. The van der Waals surface area contributed by atoms with E-state index in [0.29, 0.717) is 11.5 Å². The van der Waals surface area contributed by atoms with Crippen molar-refractivity contribution in [1.29, 1.82) is 10.5 Å². The number of nitrogens with zero attached hydrogens (tertiary/aromatic N) is 2. The van der Waals surface area contributed by atoms with E-state index in [2.05, 4.69) is 4.74 Å². The van der Waals surface area contributed by atoms with E-state index in [1.165, 1.54) is 0 Å². The molecule has 70 valence electrons. The zero-order valence-corrected chi connectivity index (χ0v) is 7.87. The first kappa shape index (κ1) is 9.88. The van der Waals surface area contributed by atoms with Crippen LogP contribution in [0.4, 0.5) is 0 Å². The summed E-state index contributed by atoms with van der Waals surface area (Å²) in [6.07, 6.45) is 3.20. The summed E-state index contributed by atoms with van der Waals surface area (Å²) in [5, 5.41) is 16.7. The fourth-order valence-corrected chi connectivity index (χ4v) is 1.23. The number of ether oxygens (including phenoxy) is 2. The second-order valence-electron chi connectivity index (χ2n) is 2.77. The molecular weight excluding hydrogens is 180 g/mol. The lowest BCUT2D eigenvalue weighted by Crippen LogP contribution is -1.92. The SMILES string of the molecule is Cc1cc(OC#N)cc(C)c1OC#N. The number of nitriles is 2. The largest absolute Gasteiger partial charge is 0.388 e. The van der Waals surface area contributed by atoms with E-state index < -0.39 is 0 Å². The van der Waals surface area contributed by atoms with Crippen molar-refractivity contribution in [3.8, 4) is 24.0 Å². The van der Waals surface area contributed by atoms with Crippen molar-refractivity contribution in [3.05, 3.63) is 23.3 Å². The predicted octanol–water partition coefficient (Wildman–Crippen LogP) is 2.02. The lowest BCUT2D eigenvalue weighted by molar-refractivity contribution is 0.486. The van der Waals surface area contributed by atoms with Gasteiger partial charge in [-0.05, 0) is 37.1 Å². The molecule has 4 nitrogen and oxygen atoms in total. The van der Waals surface area contributed by atoms with Crippen LogP contribution in [0.15, 0.2) is 12.1 Å². The van der Waals surface area contributed by atoms with Gasteiger partial charge in [-0.15, -0.1) is 10.5 Å². The predicted molar refractivity (Wildman–Crippen MR) is 48.4 cm³/mol. The highest BCUT2D eigenvalue weighted by atomic mass is 16.5. The molecule has 1 aromatic rings. The summed E-state index contributed by atoms with van der Waals surface area (Å²) >= 11 is 0. The van der Waals surface area contributed by atoms with Crippen molar-refractivity contribution in [2.75, 3.05) is 0 Å².